The van der Waals surface area contributed by atoms with E-state index < -0.39 is 11.9 Å². The maximum atomic E-state index is 12.5. The number of benzene rings is 1. The number of nitrogens with one attached hydrogen (secondary N) is 2. The number of aliphatic hydroxyl groups is 1. The van der Waals surface area contributed by atoms with Crippen LogP contribution in [-0.2, 0) is 12.6 Å². The van der Waals surface area contributed by atoms with Crippen LogP contribution in [0.1, 0.15) is 22.2 Å². The van der Waals surface area contributed by atoms with Gasteiger partial charge in [-0.3, -0.25) is 4.99 Å². The fraction of sp³-hybridized carbons (Fsp3) is 0.412. The minimum atomic E-state index is -4.41. The number of alkyl halides is 3. The lowest BCUT2D eigenvalue weighted by atomic mass is 10.0. The summed E-state index contributed by atoms with van der Waals surface area (Å²) in [6, 6.07) is 9.62. The first-order chi connectivity index (χ1) is 12.4. The summed E-state index contributed by atoms with van der Waals surface area (Å²) < 4.78 is 37.6. The van der Waals surface area contributed by atoms with E-state index in [9.17, 15) is 18.3 Å². The van der Waals surface area contributed by atoms with E-state index in [2.05, 4.69) is 20.6 Å². The zero-order valence-electron chi connectivity index (χ0n) is 14.3. The second-order valence-corrected chi connectivity index (χ2v) is 6.49. The van der Waals surface area contributed by atoms with Crippen LogP contribution in [0.25, 0.3) is 0 Å². The Bertz CT molecular complexity index is 704. The van der Waals surface area contributed by atoms with E-state index in [1.165, 1.54) is 0 Å². The van der Waals surface area contributed by atoms with Crippen LogP contribution in [0.3, 0.4) is 0 Å². The van der Waals surface area contributed by atoms with Gasteiger partial charge in [-0.05, 0) is 5.56 Å². The molecule has 0 fully saturated rings. The smallest absolute Gasteiger partial charge is 0.396 e. The van der Waals surface area contributed by atoms with Gasteiger partial charge in [0.1, 0.15) is 0 Å². The summed E-state index contributed by atoms with van der Waals surface area (Å²) in [5, 5.41) is 17.2. The molecular formula is C17H21F3N4OS. The summed E-state index contributed by atoms with van der Waals surface area (Å²) in [6.45, 7) is 0.878. The molecule has 0 bridgehead atoms. The van der Waals surface area contributed by atoms with Gasteiger partial charge in [0, 0.05) is 37.9 Å². The van der Waals surface area contributed by atoms with Gasteiger partial charge in [0.25, 0.3) is 0 Å². The molecule has 0 aliphatic heterocycles. The summed E-state index contributed by atoms with van der Waals surface area (Å²) in [5.74, 6) is 0.440. The zero-order valence-corrected chi connectivity index (χ0v) is 15.1. The summed E-state index contributed by atoms with van der Waals surface area (Å²) in [6.07, 6.45) is -4.04. The number of rotatable bonds is 7. The van der Waals surface area contributed by atoms with Gasteiger partial charge in [-0.25, -0.2) is 4.98 Å². The summed E-state index contributed by atoms with van der Waals surface area (Å²) in [7, 11) is 1.61. The summed E-state index contributed by atoms with van der Waals surface area (Å²) >= 11 is 0.990. The minimum absolute atomic E-state index is 0.00661. The Morgan fingerprint density at radius 2 is 2.00 bits per heavy atom. The normalized spacial score (nSPS) is 13.5. The van der Waals surface area contributed by atoms with Crippen molar-refractivity contribution >= 4 is 17.3 Å². The fourth-order valence-electron chi connectivity index (χ4n) is 2.30. The third kappa shape index (κ3) is 5.99. The second kappa shape index (κ2) is 9.54. The van der Waals surface area contributed by atoms with Crippen LogP contribution in [0, 0.1) is 0 Å². The molecule has 0 saturated carbocycles. The van der Waals surface area contributed by atoms with Crippen LogP contribution < -0.4 is 10.6 Å². The highest BCUT2D eigenvalue weighted by molar-refractivity contribution is 7.09. The first-order valence-corrected chi connectivity index (χ1v) is 8.94. The van der Waals surface area contributed by atoms with E-state index in [4.69, 9.17) is 0 Å². The van der Waals surface area contributed by atoms with Crippen LogP contribution in [0.2, 0.25) is 0 Å². The molecule has 142 valence electrons. The topological polar surface area (TPSA) is 69.5 Å². The van der Waals surface area contributed by atoms with Crippen molar-refractivity contribution in [3.8, 4) is 0 Å². The second-order valence-electron chi connectivity index (χ2n) is 5.54. The number of aromatic nitrogens is 1. The van der Waals surface area contributed by atoms with Crippen molar-refractivity contribution in [1.29, 1.82) is 0 Å². The molecule has 9 heteroatoms. The number of aliphatic imine (C=N–C) groups is 1. The van der Waals surface area contributed by atoms with Crippen LogP contribution >= 0.6 is 11.3 Å². The quantitative estimate of drug-likeness (QED) is 0.506. The van der Waals surface area contributed by atoms with Gasteiger partial charge in [-0.2, -0.15) is 13.2 Å². The third-order valence-electron chi connectivity index (χ3n) is 3.70. The number of halogens is 3. The molecule has 5 nitrogen and oxygen atoms in total. The van der Waals surface area contributed by atoms with E-state index in [-0.39, 0.29) is 12.5 Å². The zero-order chi connectivity index (χ0) is 19.0. The molecule has 3 N–H and O–H groups in total. The SMILES string of the molecule is CN=C(NCCc1nc(C(F)(F)F)cs1)NCC(CO)c1ccccc1. The van der Waals surface area contributed by atoms with Crippen LogP contribution in [0.15, 0.2) is 40.7 Å². The molecule has 0 aliphatic carbocycles. The highest BCUT2D eigenvalue weighted by Gasteiger charge is 2.33. The van der Waals surface area contributed by atoms with E-state index >= 15 is 0 Å². The number of guanidine groups is 1. The fourth-order valence-corrected chi connectivity index (χ4v) is 3.10. The molecule has 0 amide bonds. The van der Waals surface area contributed by atoms with Gasteiger partial charge >= 0.3 is 6.18 Å². The maximum Gasteiger partial charge on any atom is 0.434 e. The Balaban J connectivity index is 1.80. The third-order valence-corrected chi connectivity index (χ3v) is 4.61. The molecule has 1 unspecified atom stereocenters. The number of nitrogens with zero attached hydrogens (tertiary/aromatic N) is 2. The van der Waals surface area contributed by atoms with Crippen LogP contribution in [-0.4, -0.2) is 42.8 Å². The lowest BCUT2D eigenvalue weighted by Gasteiger charge is -2.18. The molecule has 0 aliphatic rings. The highest BCUT2D eigenvalue weighted by Crippen LogP contribution is 2.29. The average molecular weight is 386 g/mol. The van der Waals surface area contributed by atoms with Crippen molar-refractivity contribution in [1.82, 2.24) is 15.6 Å². The highest BCUT2D eigenvalue weighted by atomic mass is 32.1. The molecule has 0 radical (unpaired) electrons. The maximum absolute atomic E-state index is 12.5. The van der Waals surface area contributed by atoms with Crippen molar-refractivity contribution in [3.63, 3.8) is 0 Å². The lowest BCUT2D eigenvalue weighted by molar-refractivity contribution is -0.140. The van der Waals surface area contributed by atoms with E-state index in [0.29, 0.717) is 30.5 Å². The molecule has 1 aromatic heterocycles. The first-order valence-electron chi connectivity index (χ1n) is 8.06. The average Bonchev–Trinajstić information content (AvgIpc) is 3.11. The number of aliphatic hydroxyl groups excluding tert-OH is 1. The van der Waals surface area contributed by atoms with Gasteiger partial charge in [-0.1, -0.05) is 30.3 Å². The van der Waals surface area contributed by atoms with Crippen molar-refractivity contribution < 1.29 is 18.3 Å². The molecule has 0 spiro atoms. The molecule has 0 saturated heterocycles. The monoisotopic (exact) mass is 386 g/mol. The van der Waals surface area contributed by atoms with Crippen molar-refractivity contribution in [3.05, 3.63) is 52.0 Å². The largest absolute Gasteiger partial charge is 0.434 e. The van der Waals surface area contributed by atoms with Gasteiger partial charge in [0.15, 0.2) is 11.7 Å². The van der Waals surface area contributed by atoms with Crippen molar-refractivity contribution in [2.45, 2.75) is 18.5 Å². The predicted molar refractivity (Wildman–Crippen MR) is 96.5 cm³/mol. The molecule has 1 heterocycles. The molecule has 1 atom stereocenters. The van der Waals surface area contributed by atoms with Gasteiger partial charge in [0.05, 0.1) is 11.6 Å². The minimum Gasteiger partial charge on any atom is -0.396 e. The Kier molecular flexibility index (Phi) is 7.40. The van der Waals surface area contributed by atoms with Crippen molar-refractivity contribution in [2.75, 3.05) is 26.7 Å². The van der Waals surface area contributed by atoms with Crippen molar-refractivity contribution in [2.24, 2.45) is 4.99 Å². The Morgan fingerprint density at radius 3 is 2.58 bits per heavy atom. The standard InChI is InChI=1S/C17H21F3N4OS/c1-21-16(23-9-13(10-25)12-5-3-2-4-6-12)22-8-7-15-24-14(11-26-15)17(18,19)20/h2-6,11,13,25H,7-10H2,1H3,(H2,21,22,23). The first kappa shape index (κ1) is 20.2. The van der Waals surface area contributed by atoms with Gasteiger partial charge < -0.3 is 15.7 Å². The lowest BCUT2D eigenvalue weighted by Crippen LogP contribution is -2.40. The van der Waals surface area contributed by atoms with E-state index in [1.54, 1.807) is 7.05 Å². The molecule has 2 rings (SSSR count). The summed E-state index contributed by atoms with van der Waals surface area (Å²) in [5.41, 5.74) is 0.161. The Hall–Kier alpha value is -2.13. The number of thiazole rings is 1. The predicted octanol–water partition coefficient (Wildman–Crippen LogP) is 2.65. The van der Waals surface area contributed by atoms with E-state index in [1.807, 2.05) is 30.3 Å². The van der Waals surface area contributed by atoms with E-state index in [0.717, 1.165) is 22.3 Å². The van der Waals surface area contributed by atoms with Gasteiger partial charge in [-0.15, -0.1) is 11.3 Å². The number of hydrogen-bond acceptors (Lipinski definition) is 4. The van der Waals surface area contributed by atoms with Gasteiger partial charge in [0.2, 0.25) is 0 Å². The molecule has 26 heavy (non-hydrogen) atoms. The van der Waals surface area contributed by atoms with Crippen LogP contribution in [0.4, 0.5) is 13.2 Å². The molecule has 2 aromatic rings. The molecular weight excluding hydrogens is 365 g/mol. The molecule has 1 aromatic carbocycles. The Morgan fingerprint density at radius 1 is 1.27 bits per heavy atom. The summed E-state index contributed by atoms with van der Waals surface area (Å²) in [4.78, 5) is 7.67. The Labute approximate surface area is 154 Å². The van der Waals surface area contributed by atoms with Crippen LogP contribution in [0.5, 0.6) is 0 Å². The number of hydrogen-bond donors (Lipinski definition) is 3.